The van der Waals surface area contributed by atoms with E-state index in [4.69, 9.17) is 15.0 Å². The molecule has 5 heterocycles. The maximum atomic E-state index is 11.0. The molecule has 13 heteroatoms. The van der Waals surface area contributed by atoms with Crippen LogP contribution < -0.4 is 5.73 Å². The Kier molecular flexibility index (Phi) is 7.14. The molecule has 40 heavy (non-hydrogen) atoms. The second-order valence-electron chi connectivity index (χ2n) is 9.13. The van der Waals surface area contributed by atoms with Crippen molar-refractivity contribution >= 4 is 28.6 Å². The fourth-order valence-corrected chi connectivity index (χ4v) is 5.65. The Morgan fingerprint density at radius 3 is 2.65 bits per heavy atom. The Labute approximate surface area is 232 Å². The molecule has 0 amide bonds. The molecule has 0 spiro atoms. The lowest BCUT2D eigenvalue weighted by Crippen LogP contribution is -2.32. The van der Waals surface area contributed by atoms with Crippen LogP contribution in [0, 0.1) is 18.8 Å². The van der Waals surface area contributed by atoms with E-state index < -0.39 is 24.5 Å². The summed E-state index contributed by atoms with van der Waals surface area (Å²) < 4.78 is 13.1. The second kappa shape index (κ2) is 11.0. The summed E-state index contributed by atoms with van der Waals surface area (Å²) in [6.45, 7) is 1.90. The van der Waals surface area contributed by atoms with Crippen molar-refractivity contribution in [3.63, 3.8) is 0 Å². The normalized spacial score (nSPS) is 20.5. The van der Waals surface area contributed by atoms with Crippen LogP contribution in [0.4, 0.5) is 5.82 Å². The van der Waals surface area contributed by atoms with Crippen molar-refractivity contribution in [2.75, 3.05) is 11.5 Å². The third-order valence-corrected chi connectivity index (χ3v) is 7.59. The monoisotopic (exact) mass is 556 g/mol. The lowest BCUT2D eigenvalue weighted by Gasteiger charge is -2.15. The number of nitrogens with two attached hydrogens (primary N) is 1. The number of hydrogen-bond acceptors (Lipinski definition) is 12. The highest BCUT2D eigenvalue weighted by molar-refractivity contribution is 7.98. The highest BCUT2D eigenvalue weighted by Gasteiger charge is 2.45. The van der Waals surface area contributed by atoms with Gasteiger partial charge < -0.3 is 25.2 Å². The minimum atomic E-state index is -1.26. The molecule has 4 atom stereocenters. The summed E-state index contributed by atoms with van der Waals surface area (Å²) in [5, 5.41) is 30.9. The first-order valence-electron chi connectivity index (χ1n) is 12.4. The standard InChI is InChI=1S/C27H24N8O4S/c1-15-18(24(39-34-15)17-5-3-2-4-6-17)11-40-12-20-22(36)23(37)27(38-20)35-26-21(25(28)31-14-32-26)19(33-35)8-7-16-9-29-13-30-10-16/h2-6,9-10,13-14,20,22-23,27,36-37H,11-12H2,1H3,(H2,28,31,32)/t20-,22-,23-,27-/m1/s1. The number of anilines is 1. The summed E-state index contributed by atoms with van der Waals surface area (Å²) in [7, 11) is 0. The second-order valence-corrected chi connectivity index (χ2v) is 10.2. The number of benzene rings is 1. The zero-order valence-electron chi connectivity index (χ0n) is 21.2. The molecule has 1 fully saturated rings. The van der Waals surface area contributed by atoms with Gasteiger partial charge in [-0.15, -0.1) is 0 Å². The highest BCUT2D eigenvalue weighted by atomic mass is 32.2. The minimum Gasteiger partial charge on any atom is -0.387 e. The van der Waals surface area contributed by atoms with Gasteiger partial charge in [-0.25, -0.2) is 24.6 Å². The van der Waals surface area contributed by atoms with Crippen molar-refractivity contribution in [2.45, 2.75) is 37.2 Å². The highest BCUT2D eigenvalue weighted by Crippen LogP contribution is 2.35. The van der Waals surface area contributed by atoms with Gasteiger partial charge in [0.15, 0.2) is 17.6 Å². The van der Waals surface area contributed by atoms with Crippen molar-refractivity contribution < 1.29 is 19.5 Å². The number of thioether (sulfide) groups is 1. The smallest absolute Gasteiger partial charge is 0.181 e. The average molecular weight is 557 g/mol. The number of fused-ring (bicyclic) bond motifs is 1. The van der Waals surface area contributed by atoms with Gasteiger partial charge in [-0.05, 0) is 12.8 Å². The van der Waals surface area contributed by atoms with Crippen LogP contribution in [-0.2, 0) is 10.5 Å². The molecule has 0 aliphatic carbocycles. The Balaban J connectivity index is 1.22. The predicted molar refractivity (Wildman–Crippen MR) is 147 cm³/mol. The van der Waals surface area contributed by atoms with Crippen LogP contribution in [0.2, 0.25) is 0 Å². The first kappa shape index (κ1) is 25.9. The molecule has 6 rings (SSSR count). The molecule has 4 N–H and O–H groups in total. The molecule has 0 unspecified atom stereocenters. The number of ether oxygens (including phenoxy) is 1. The molecule has 0 saturated carbocycles. The molecule has 4 aromatic heterocycles. The lowest BCUT2D eigenvalue weighted by molar-refractivity contribution is -0.0362. The van der Waals surface area contributed by atoms with Gasteiger partial charge in [-0.1, -0.05) is 41.4 Å². The lowest BCUT2D eigenvalue weighted by atomic mass is 10.1. The summed E-state index contributed by atoms with van der Waals surface area (Å²) >= 11 is 1.55. The van der Waals surface area contributed by atoms with E-state index in [9.17, 15) is 10.2 Å². The quantitative estimate of drug-likeness (QED) is 0.261. The van der Waals surface area contributed by atoms with Gasteiger partial charge in [0.2, 0.25) is 0 Å². The van der Waals surface area contributed by atoms with E-state index in [0.29, 0.717) is 39.6 Å². The Morgan fingerprint density at radius 2 is 1.85 bits per heavy atom. The molecule has 1 aromatic carbocycles. The van der Waals surface area contributed by atoms with E-state index in [-0.39, 0.29) is 5.82 Å². The number of aliphatic hydroxyl groups is 2. The van der Waals surface area contributed by atoms with E-state index in [1.165, 1.54) is 17.3 Å². The molecule has 0 bridgehead atoms. The number of aliphatic hydroxyl groups excluding tert-OH is 2. The van der Waals surface area contributed by atoms with Crippen LogP contribution in [0.3, 0.4) is 0 Å². The van der Waals surface area contributed by atoms with Gasteiger partial charge in [0.25, 0.3) is 0 Å². The molecule has 5 aromatic rings. The third-order valence-electron chi connectivity index (χ3n) is 6.53. The van der Waals surface area contributed by atoms with Gasteiger partial charge in [0, 0.05) is 35.0 Å². The van der Waals surface area contributed by atoms with Gasteiger partial charge in [-0.3, -0.25) is 0 Å². The Hall–Kier alpha value is -4.35. The van der Waals surface area contributed by atoms with Crippen molar-refractivity contribution in [1.29, 1.82) is 0 Å². The molecule has 1 aliphatic heterocycles. The summed E-state index contributed by atoms with van der Waals surface area (Å²) in [6.07, 6.45) is 1.78. The molecule has 0 radical (unpaired) electrons. The fraction of sp³-hybridized carbons (Fsp3) is 0.259. The van der Waals surface area contributed by atoms with E-state index in [1.807, 2.05) is 37.3 Å². The van der Waals surface area contributed by atoms with Crippen LogP contribution in [-0.4, -0.2) is 69.2 Å². The summed E-state index contributed by atoms with van der Waals surface area (Å²) in [4.78, 5) is 16.3. The molecule has 202 valence electrons. The van der Waals surface area contributed by atoms with Crippen LogP contribution >= 0.6 is 11.8 Å². The van der Waals surface area contributed by atoms with E-state index in [0.717, 1.165) is 16.8 Å². The number of aromatic nitrogens is 7. The summed E-state index contributed by atoms with van der Waals surface area (Å²) in [5.41, 5.74) is 10.1. The third kappa shape index (κ3) is 4.89. The molecule has 1 aliphatic rings. The molecular weight excluding hydrogens is 532 g/mol. The number of rotatable bonds is 6. The zero-order valence-corrected chi connectivity index (χ0v) is 22.1. The van der Waals surface area contributed by atoms with E-state index >= 15 is 0 Å². The topological polar surface area (TPSA) is 171 Å². The number of nitrogen functional groups attached to an aromatic ring is 1. The predicted octanol–water partition coefficient (Wildman–Crippen LogP) is 2.11. The van der Waals surface area contributed by atoms with Crippen LogP contribution in [0.25, 0.3) is 22.4 Å². The molecular formula is C27H24N8O4S. The largest absolute Gasteiger partial charge is 0.387 e. The number of aryl methyl sites for hydroxylation is 1. The molecule has 1 saturated heterocycles. The summed E-state index contributed by atoms with van der Waals surface area (Å²) in [5.74, 6) is 7.80. The summed E-state index contributed by atoms with van der Waals surface area (Å²) in [6, 6.07) is 9.77. The maximum Gasteiger partial charge on any atom is 0.181 e. The molecule has 12 nitrogen and oxygen atoms in total. The van der Waals surface area contributed by atoms with Gasteiger partial charge in [0.05, 0.1) is 22.7 Å². The van der Waals surface area contributed by atoms with E-state index in [2.05, 4.69) is 42.0 Å². The number of nitrogens with zero attached hydrogens (tertiary/aromatic N) is 7. The van der Waals surface area contributed by atoms with Gasteiger partial charge >= 0.3 is 0 Å². The maximum absolute atomic E-state index is 11.0. The van der Waals surface area contributed by atoms with Crippen molar-refractivity contribution in [3.8, 4) is 23.2 Å². The van der Waals surface area contributed by atoms with Crippen LogP contribution in [0.5, 0.6) is 0 Å². The first-order valence-corrected chi connectivity index (χ1v) is 13.5. The van der Waals surface area contributed by atoms with Crippen molar-refractivity contribution in [3.05, 3.63) is 77.9 Å². The van der Waals surface area contributed by atoms with Gasteiger partial charge in [0.1, 0.15) is 36.4 Å². The van der Waals surface area contributed by atoms with Gasteiger partial charge in [-0.2, -0.15) is 16.9 Å². The van der Waals surface area contributed by atoms with Crippen LogP contribution in [0.1, 0.15) is 28.7 Å². The van der Waals surface area contributed by atoms with Crippen molar-refractivity contribution in [1.82, 2.24) is 34.9 Å². The average Bonchev–Trinajstić information content (AvgIpc) is 3.63. The SMILES string of the molecule is Cc1noc(-c2ccccc2)c1CSC[C@H]1O[C@@H](n2nc(C#Cc3cncnc3)c3c(N)ncnc32)[C@H](O)[C@@H]1O. The Morgan fingerprint density at radius 1 is 1.05 bits per heavy atom. The number of hydrogen-bond donors (Lipinski definition) is 3. The van der Waals surface area contributed by atoms with Crippen LogP contribution in [0.15, 0.2) is 59.9 Å². The zero-order chi connectivity index (χ0) is 27.6. The van der Waals surface area contributed by atoms with E-state index in [1.54, 1.807) is 24.2 Å². The fourth-order valence-electron chi connectivity index (χ4n) is 4.48. The first-order chi connectivity index (χ1) is 19.5. The minimum absolute atomic E-state index is 0.184. The van der Waals surface area contributed by atoms with Crippen molar-refractivity contribution in [2.24, 2.45) is 0 Å². The Bertz CT molecular complexity index is 1700.